The molecule has 10 heteroatoms. The number of methoxy groups -OCH3 is 2. The lowest BCUT2D eigenvalue weighted by molar-refractivity contribution is 0.108. The van der Waals surface area contributed by atoms with Gasteiger partial charge >= 0.3 is 6.03 Å². The molecule has 40 heavy (non-hydrogen) atoms. The highest BCUT2D eigenvalue weighted by molar-refractivity contribution is 9.10. The molecule has 2 atom stereocenters. The predicted molar refractivity (Wildman–Crippen MR) is 162 cm³/mol. The van der Waals surface area contributed by atoms with E-state index in [9.17, 15) is 9.90 Å². The smallest absolute Gasteiger partial charge is 0.326 e. The van der Waals surface area contributed by atoms with Crippen LogP contribution in [0, 0.1) is 0 Å². The number of hydrogen-bond donors (Lipinski definition) is 1. The number of carbonyl (C=O) groups excluding carboxylic acids is 1. The molecule has 2 aliphatic heterocycles. The van der Waals surface area contributed by atoms with Crippen molar-refractivity contribution < 1.29 is 19.4 Å². The number of urea groups is 1. The number of aliphatic hydroxyl groups is 1. The zero-order chi connectivity index (χ0) is 28.2. The normalized spacial score (nSPS) is 19.5. The van der Waals surface area contributed by atoms with E-state index in [4.69, 9.17) is 14.5 Å². The van der Waals surface area contributed by atoms with Crippen molar-refractivity contribution in [3.63, 3.8) is 0 Å². The van der Waals surface area contributed by atoms with Gasteiger partial charge < -0.3 is 19.5 Å². The minimum atomic E-state index is -0.376. The monoisotopic (exact) mass is 670 g/mol. The first-order valence-corrected chi connectivity index (χ1v) is 14.7. The summed E-state index contributed by atoms with van der Waals surface area (Å²) >= 11 is 7.10. The highest BCUT2D eigenvalue weighted by atomic mass is 79.9. The van der Waals surface area contributed by atoms with Crippen molar-refractivity contribution in [1.82, 2.24) is 14.7 Å². The Bertz CT molecular complexity index is 1360. The van der Waals surface area contributed by atoms with E-state index in [1.165, 1.54) is 0 Å². The molecule has 2 heterocycles. The summed E-state index contributed by atoms with van der Waals surface area (Å²) in [5, 5.41) is 9.38. The summed E-state index contributed by atoms with van der Waals surface area (Å²) in [7, 11) is 3.22. The van der Waals surface area contributed by atoms with E-state index in [0.717, 1.165) is 25.6 Å². The lowest BCUT2D eigenvalue weighted by Gasteiger charge is -2.39. The SMILES string of the molecule is COc1ccc(C2=N[C@H](c3ccc(Br)cc3)[C@H](c3ccc(Br)cc3)N2C(=O)N2CCN(CCO)CC2)c(OC)c1. The molecule has 5 rings (SSSR count). The minimum Gasteiger partial charge on any atom is -0.497 e. The van der Waals surface area contributed by atoms with Crippen LogP contribution in [-0.2, 0) is 0 Å². The Labute approximate surface area is 251 Å². The number of β-amino-alcohol motifs (C(OH)–C–C–N with tert-alkyl or cyclic N) is 1. The third-order valence-corrected chi connectivity index (χ3v) is 8.46. The summed E-state index contributed by atoms with van der Waals surface area (Å²) in [6, 6.07) is 20.9. The minimum absolute atomic E-state index is 0.104. The molecule has 3 aromatic carbocycles. The number of rotatable bonds is 7. The summed E-state index contributed by atoms with van der Waals surface area (Å²) in [4.78, 5) is 25.6. The van der Waals surface area contributed by atoms with Gasteiger partial charge in [-0.25, -0.2) is 4.79 Å². The van der Waals surface area contributed by atoms with Crippen molar-refractivity contribution in [2.24, 2.45) is 4.99 Å². The fourth-order valence-electron chi connectivity index (χ4n) is 5.29. The van der Waals surface area contributed by atoms with Gasteiger partial charge in [0.15, 0.2) is 0 Å². The number of halogens is 2. The second-order valence-electron chi connectivity index (χ2n) is 9.72. The highest BCUT2D eigenvalue weighted by Crippen LogP contribution is 2.45. The quantitative estimate of drug-likeness (QED) is 0.359. The number of amides is 2. The largest absolute Gasteiger partial charge is 0.497 e. The van der Waals surface area contributed by atoms with Crippen LogP contribution in [0.5, 0.6) is 11.5 Å². The molecule has 1 fully saturated rings. The molecule has 3 aromatic rings. The molecule has 2 amide bonds. The topological polar surface area (TPSA) is 77.8 Å². The Hall–Kier alpha value is -2.92. The molecule has 1 N–H and O–H groups in total. The van der Waals surface area contributed by atoms with E-state index in [2.05, 4.69) is 48.9 Å². The molecule has 8 nitrogen and oxygen atoms in total. The van der Waals surface area contributed by atoms with Crippen LogP contribution < -0.4 is 9.47 Å². The number of amidine groups is 1. The van der Waals surface area contributed by atoms with Crippen LogP contribution in [0.25, 0.3) is 0 Å². The summed E-state index contributed by atoms with van der Waals surface area (Å²) in [6.07, 6.45) is 0. The molecule has 0 aliphatic carbocycles. The summed E-state index contributed by atoms with van der Waals surface area (Å²) < 4.78 is 13.1. The first-order chi connectivity index (χ1) is 19.4. The lowest BCUT2D eigenvalue weighted by atomic mass is 9.94. The van der Waals surface area contributed by atoms with Crippen molar-refractivity contribution in [2.75, 3.05) is 53.6 Å². The summed E-state index contributed by atoms with van der Waals surface area (Å²) in [5.41, 5.74) is 2.70. The van der Waals surface area contributed by atoms with Crippen LogP contribution in [0.2, 0.25) is 0 Å². The van der Waals surface area contributed by atoms with Gasteiger partial charge in [0.05, 0.1) is 32.4 Å². The molecule has 0 radical (unpaired) electrons. The van der Waals surface area contributed by atoms with E-state index in [-0.39, 0.29) is 24.7 Å². The maximum Gasteiger partial charge on any atom is 0.326 e. The first kappa shape index (κ1) is 28.6. The fraction of sp³-hybridized carbons (Fsp3) is 0.333. The van der Waals surface area contributed by atoms with Crippen LogP contribution in [-0.4, -0.2) is 85.2 Å². The van der Waals surface area contributed by atoms with Crippen molar-refractivity contribution in [3.05, 3.63) is 92.4 Å². The fourth-order valence-corrected chi connectivity index (χ4v) is 5.82. The van der Waals surface area contributed by atoms with Gasteiger partial charge in [-0.2, -0.15) is 0 Å². The van der Waals surface area contributed by atoms with Gasteiger partial charge in [0.1, 0.15) is 23.4 Å². The standard InChI is InChI=1S/C30H32Br2N4O4/c1-39-24-11-12-25(26(19-24)40-2)29-33-27(20-3-7-22(31)8-4-20)28(21-5-9-23(32)10-6-21)36(29)30(38)35-15-13-34(14-16-35)17-18-37/h3-12,19,27-28,37H,13-18H2,1-2H3/t27-,28+/m1/s1. The maximum atomic E-state index is 14.5. The third-order valence-electron chi connectivity index (χ3n) is 7.40. The Kier molecular flexibility index (Phi) is 9.10. The van der Waals surface area contributed by atoms with Crippen molar-refractivity contribution >= 4 is 43.7 Å². The first-order valence-electron chi connectivity index (χ1n) is 13.2. The molecule has 1 saturated heterocycles. The molecule has 0 unspecified atom stereocenters. The third kappa shape index (κ3) is 5.90. The Morgan fingerprint density at radius 2 is 1.52 bits per heavy atom. The Balaban J connectivity index is 1.63. The van der Waals surface area contributed by atoms with Gasteiger partial charge in [0.25, 0.3) is 0 Å². The molecule has 210 valence electrons. The van der Waals surface area contributed by atoms with E-state index in [1.54, 1.807) is 14.2 Å². The predicted octanol–water partition coefficient (Wildman–Crippen LogP) is 5.50. The van der Waals surface area contributed by atoms with Crippen LogP contribution in [0.3, 0.4) is 0 Å². The number of aliphatic imine (C=N–C) groups is 1. The second kappa shape index (κ2) is 12.7. The van der Waals surface area contributed by atoms with Gasteiger partial charge in [-0.15, -0.1) is 0 Å². The van der Waals surface area contributed by atoms with Gasteiger partial charge in [-0.3, -0.25) is 14.8 Å². The average Bonchev–Trinajstić information content (AvgIpc) is 3.38. The highest BCUT2D eigenvalue weighted by Gasteiger charge is 2.44. The van der Waals surface area contributed by atoms with E-state index >= 15 is 0 Å². The molecular formula is C30H32Br2N4O4. The summed E-state index contributed by atoms with van der Waals surface area (Å²) in [6.45, 7) is 3.26. The molecule has 0 spiro atoms. The average molecular weight is 672 g/mol. The van der Waals surface area contributed by atoms with Gasteiger partial charge in [-0.05, 0) is 47.5 Å². The number of aliphatic hydroxyl groups excluding tert-OH is 1. The molecule has 2 aliphatic rings. The molecule has 0 bridgehead atoms. The van der Waals surface area contributed by atoms with Crippen molar-refractivity contribution in [1.29, 1.82) is 0 Å². The molecule has 0 saturated carbocycles. The number of nitrogens with zero attached hydrogens (tertiary/aromatic N) is 4. The van der Waals surface area contributed by atoms with Gasteiger partial charge in [0, 0.05) is 47.7 Å². The Morgan fingerprint density at radius 3 is 2.10 bits per heavy atom. The number of ether oxygens (including phenoxy) is 2. The van der Waals surface area contributed by atoms with Crippen LogP contribution in [0.4, 0.5) is 4.79 Å². The van der Waals surface area contributed by atoms with Crippen LogP contribution in [0.1, 0.15) is 28.8 Å². The number of piperazine rings is 1. The number of benzene rings is 3. The van der Waals surface area contributed by atoms with E-state index in [1.807, 2.05) is 64.4 Å². The van der Waals surface area contributed by atoms with Crippen LogP contribution in [0.15, 0.2) is 80.7 Å². The number of carbonyl (C=O) groups is 1. The molecular weight excluding hydrogens is 640 g/mol. The van der Waals surface area contributed by atoms with Gasteiger partial charge in [-0.1, -0.05) is 56.1 Å². The zero-order valence-electron chi connectivity index (χ0n) is 22.5. The van der Waals surface area contributed by atoms with Crippen LogP contribution >= 0.6 is 31.9 Å². The van der Waals surface area contributed by atoms with Crippen molar-refractivity contribution in [2.45, 2.75) is 12.1 Å². The van der Waals surface area contributed by atoms with Gasteiger partial charge in [0.2, 0.25) is 0 Å². The lowest BCUT2D eigenvalue weighted by Crippen LogP contribution is -2.54. The van der Waals surface area contributed by atoms with E-state index < -0.39 is 0 Å². The maximum absolute atomic E-state index is 14.5. The zero-order valence-corrected chi connectivity index (χ0v) is 25.6. The number of hydrogen-bond acceptors (Lipinski definition) is 6. The Morgan fingerprint density at radius 1 is 0.900 bits per heavy atom. The van der Waals surface area contributed by atoms with Crippen molar-refractivity contribution in [3.8, 4) is 11.5 Å². The summed E-state index contributed by atoms with van der Waals surface area (Å²) in [5.74, 6) is 1.80. The second-order valence-corrected chi connectivity index (χ2v) is 11.5. The van der Waals surface area contributed by atoms with E-state index in [0.29, 0.717) is 50.1 Å². The molecule has 0 aromatic heterocycles.